The summed E-state index contributed by atoms with van der Waals surface area (Å²) in [5, 5.41) is 1.51. The Labute approximate surface area is 115 Å². The minimum atomic E-state index is 0.630. The molecule has 94 valence electrons. The van der Waals surface area contributed by atoms with Gasteiger partial charge in [0.05, 0.1) is 0 Å². The first-order valence-electron chi connectivity index (χ1n) is 5.81. The molecular formula is C15H11ClN2O. The highest BCUT2D eigenvalue weighted by Crippen LogP contribution is 2.32. The fourth-order valence-corrected chi connectivity index (χ4v) is 2.09. The molecule has 0 aliphatic carbocycles. The molecule has 0 atom stereocenters. The Hall–Kier alpha value is -2.26. The van der Waals surface area contributed by atoms with Crippen LogP contribution in [0.25, 0.3) is 10.9 Å². The molecule has 1 heterocycles. The van der Waals surface area contributed by atoms with E-state index in [1.54, 1.807) is 18.3 Å². The monoisotopic (exact) mass is 270 g/mol. The van der Waals surface area contributed by atoms with Crippen molar-refractivity contribution in [1.82, 2.24) is 4.98 Å². The molecule has 4 heteroatoms. The molecule has 3 aromatic rings. The lowest BCUT2D eigenvalue weighted by Gasteiger charge is -2.09. The van der Waals surface area contributed by atoms with Crippen LogP contribution in [0.1, 0.15) is 0 Å². The Kier molecular flexibility index (Phi) is 2.97. The zero-order valence-corrected chi connectivity index (χ0v) is 10.8. The van der Waals surface area contributed by atoms with Gasteiger partial charge in [0.25, 0.3) is 0 Å². The van der Waals surface area contributed by atoms with E-state index in [-0.39, 0.29) is 0 Å². The first-order valence-corrected chi connectivity index (χ1v) is 6.18. The highest BCUT2D eigenvalue weighted by molar-refractivity contribution is 6.30. The molecule has 0 fully saturated rings. The number of ether oxygens (including phenoxy) is 1. The molecule has 0 aliphatic rings. The molecule has 0 saturated heterocycles. The third kappa shape index (κ3) is 2.33. The smallest absolute Gasteiger partial charge is 0.153 e. The van der Waals surface area contributed by atoms with Crippen molar-refractivity contribution < 1.29 is 4.74 Å². The number of hydrogen-bond donors (Lipinski definition) is 1. The molecule has 3 rings (SSSR count). The Morgan fingerprint density at radius 3 is 2.79 bits per heavy atom. The Morgan fingerprint density at radius 2 is 1.95 bits per heavy atom. The number of fused-ring (bicyclic) bond motifs is 1. The third-order valence-corrected chi connectivity index (χ3v) is 3.03. The summed E-state index contributed by atoms with van der Waals surface area (Å²) in [6.45, 7) is 0. The van der Waals surface area contributed by atoms with Gasteiger partial charge in [0.1, 0.15) is 11.3 Å². The summed E-state index contributed by atoms with van der Waals surface area (Å²) in [7, 11) is 0. The quantitative estimate of drug-likeness (QED) is 0.708. The largest absolute Gasteiger partial charge is 0.455 e. The molecule has 2 aromatic carbocycles. The van der Waals surface area contributed by atoms with Gasteiger partial charge in [0, 0.05) is 22.3 Å². The Bertz CT molecular complexity index is 743. The van der Waals surface area contributed by atoms with Crippen LogP contribution in [0.4, 0.5) is 5.69 Å². The van der Waals surface area contributed by atoms with Gasteiger partial charge in [-0.15, -0.1) is 0 Å². The van der Waals surface area contributed by atoms with Crippen molar-refractivity contribution in [2.24, 2.45) is 0 Å². The predicted octanol–water partition coefficient (Wildman–Crippen LogP) is 4.26. The zero-order valence-electron chi connectivity index (χ0n) is 10.0. The van der Waals surface area contributed by atoms with Crippen molar-refractivity contribution in [2.75, 3.05) is 5.73 Å². The van der Waals surface area contributed by atoms with Crippen molar-refractivity contribution in [3.8, 4) is 11.5 Å². The molecule has 2 N–H and O–H groups in total. The summed E-state index contributed by atoms with van der Waals surface area (Å²) < 4.78 is 5.82. The second kappa shape index (κ2) is 4.78. The summed E-state index contributed by atoms with van der Waals surface area (Å²) in [4.78, 5) is 4.32. The van der Waals surface area contributed by atoms with E-state index in [0.717, 1.165) is 10.9 Å². The molecule has 0 spiro atoms. The van der Waals surface area contributed by atoms with Crippen LogP contribution in [0, 0.1) is 0 Å². The van der Waals surface area contributed by atoms with Gasteiger partial charge in [-0.05, 0) is 42.5 Å². The second-order valence-corrected chi connectivity index (χ2v) is 4.55. The van der Waals surface area contributed by atoms with E-state index in [0.29, 0.717) is 22.2 Å². The van der Waals surface area contributed by atoms with Crippen molar-refractivity contribution in [3.63, 3.8) is 0 Å². The topological polar surface area (TPSA) is 48.1 Å². The van der Waals surface area contributed by atoms with Crippen LogP contribution < -0.4 is 10.5 Å². The van der Waals surface area contributed by atoms with Crippen molar-refractivity contribution in [1.29, 1.82) is 0 Å². The van der Waals surface area contributed by atoms with E-state index < -0.39 is 0 Å². The minimum absolute atomic E-state index is 0.630. The number of nitrogens with two attached hydrogens (primary N) is 1. The number of nitrogen functional groups attached to an aromatic ring is 1. The summed E-state index contributed by atoms with van der Waals surface area (Å²) in [5.74, 6) is 1.33. The van der Waals surface area contributed by atoms with Crippen molar-refractivity contribution in [2.45, 2.75) is 0 Å². The third-order valence-electron chi connectivity index (χ3n) is 2.79. The fraction of sp³-hybridized carbons (Fsp3) is 0. The number of nitrogens with zero attached hydrogens (tertiary/aromatic N) is 1. The van der Waals surface area contributed by atoms with Crippen molar-refractivity contribution >= 4 is 28.2 Å². The number of benzene rings is 2. The van der Waals surface area contributed by atoms with Crippen LogP contribution in [-0.2, 0) is 0 Å². The van der Waals surface area contributed by atoms with E-state index in [9.17, 15) is 0 Å². The molecule has 0 bridgehead atoms. The van der Waals surface area contributed by atoms with Crippen LogP contribution in [-0.4, -0.2) is 4.98 Å². The lowest BCUT2D eigenvalue weighted by atomic mass is 10.1. The van der Waals surface area contributed by atoms with Crippen molar-refractivity contribution in [3.05, 3.63) is 59.8 Å². The maximum atomic E-state index is 5.94. The molecule has 3 nitrogen and oxygen atoms in total. The van der Waals surface area contributed by atoms with Gasteiger partial charge in [-0.1, -0.05) is 17.7 Å². The van der Waals surface area contributed by atoms with Gasteiger partial charge in [-0.2, -0.15) is 0 Å². The summed E-state index contributed by atoms with van der Waals surface area (Å²) >= 11 is 5.94. The standard InChI is InChI=1S/C15H11ClN2O/c16-10-3-1-4-11(9-10)19-14-7-6-13(17)12-5-2-8-18-15(12)14/h1-9H,17H2. The summed E-state index contributed by atoms with van der Waals surface area (Å²) in [6.07, 6.45) is 1.71. The number of pyridine rings is 1. The molecule has 0 unspecified atom stereocenters. The SMILES string of the molecule is Nc1ccc(Oc2cccc(Cl)c2)c2ncccc12. The van der Waals surface area contributed by atoms with E-state index in [2.05, 4.69) is 4.98 Å². The first-order chi connectivity index (χ1) is 9.24. The average molecular weight is 271 g/mol. The normalized spacial score (nSPS) is 10.6. The van der Waals surface area contributed by atoms with Crippen LogP contribution in [0.2, 0.25) is 5.02 Å². The zero-order chi connectivity index (χ0) is 13.2. The average Bonchev–Trinajstić information content (AvgIpc) is 2.42. The second-order valence-electron chi connectivity index (χ2n) is 4.11. The lowest BCUT2D eigenvalue weighted by Crippen LogP contribution is -1.92. The maximum absolute atomic E-state index is 5.94. The van der Waals surface area contributed by atoms with E-state index in [1.165, 1.54) is 0 Å². The molecule has 0 aliphatic heterocycles. The van der Waals surface area contributed by atoms with Crippen LogP contribution in [0.3, 0.4) is 0 Å². The molecule has 0 radical (unpaired) electrons. The number of anilines is 1. The number of aromatic nitrogens is 1. The Morgan fingerprint density at radius 1 is 1.05 bits per heavy atom. The van der Waals surface area contributed by atoms with E-state index in [1.807, 2.05) is 36.4 Å². The number of hydrogen-bond acceptors (Lipinski definition) is 3. The van der Waals surface area contributed by atoms with E-state index in [4.69, 9.17) is 22.1 Å². The highest BCUT2D eigenvalue weighted by atomic mass is 35.5. The van der Waals surface area contributed by atoms with Crippen LogP contribution in [0.5, 0.6) is 11.5 Å². The lowest BCUT2D eigenvalue weighted by molar-refractivity contribution is 0.487. The van der Waals surface area contributed by atoms with Crippen LogP contribution in [0.15, 0.2) is 54.7 Å². The highest BCUT2D eigenvalue weighted by Gasteiger charge is 2.07. The fourth-order valence-electron chi connectivity index (χ4n) is 1.91. The minimum Gasteiger partial charge on any atom is -0.455 e. The van der Waals surface area contributed by atoms with E-state index >= 15 is 0 Å². The molecule has 0 amide bonds. The van der Waals surface area contributed by atoms with Gasteiger partial charge in [-0.25, -0.2) is 0 Å². The van der Waals surface area contributed by atoms with Gasteiger partial charge in [0.15, 0.2) is 5.75 Å². The summed E-state index contributed by atoms with van der Waals surface area (Å²) in [6, 6.07) is 14.6. The summed E-state index contributed by atoms with van der Waals surface area (Å²) in [5.41, 5.74) is 7.35. The molecular weight excluding hydrogens is 260 g/mol. The van der Waals surface area contributed by atoms with Gasteiger partial charge in [-0.3, -0.25) is 4.98 Å². The molecule has 0 saturated carbocycles. The van der Waals surface area contributed by atoms with Gasteiger partial charge < -0.3 is 10.5 Å². The number of halogens is 1. The molecule has 1 aromatic heterocycles. The van der Waals surface area contributed by atoms with Crippen LogP contribution >= 0.6 is 11.6 Å². The first kappa shape index (κ1) is 11.8. The number of rotatable bonds is 2. The van der Waals surface area contributed by atoms with Gasteiger partial charge >= 0.3 is 0 Å². The maximum Gasteiger partial charge on any atom is 0.153 e. The Balaban J connectivity index is 2.09. The van der Waals surface area contributed by atoms with Gasteiger partial charge in [0.2, 0.25) is 0 Å². The predicted molar refractivity (Wildman–Crippen MR) is 77.7 cm³/mol. The molecule has 19 heavy (non-hydrogen) atoms.